The summed E-state index contributed by atoms with van der Waals surface area (Å²) < 4.78 is 10.6. The minimum absolute atomic E-state index is 0.00203. The Kier molecular flexibility index (Phi) is 7.60. The number of ether oxygens (including phenoxy) is 2. The zero-order valence-corrected chi connectivity index (χ0v) is 17.8. The smallest absolute Gasteiger partial charge is 0.415 e. The Labute approximate surface area is 182 Å². The van der Waals surface area contributed by atoms with E-state index in [0.29, 0.717) is 5.69 Å². The summed E-state index contributed by atoms with van der Waals surface area (Å²) in [6.45, 7) is 4.27. The van der Waals surface area contributed by atoms with Gasteiger partial charge in [0.25, 0.3) is 0 Å². The van der Waals surface area contributed by atoms with Gasteiger partial charge >= 0.3 is 12.1 Å². The maximum absolute atomic E-state index is 13.0. The van der Waals surface area contributed by atoms with Crippen molar-refractivity contribution < 1.29 is 23.9 Å². The molecule has 1 aliphatic heterocycles. The van der Waals surface area contributed by atoms with Crippen LogP contribution in [-0.4, -0.2) is 30.5 Å². The molecular formula is C25H27NO5. The fourth-order valence-electron chi connectivity index (χ4n) is 3.29. The number of amides is 1. The van der Waals surface area contributed by atoms with Crippen LogP contribution < -0.4 is 4.90 Å². The zero-order chi connectivity index (χ0) is 22.2. The van der Waals surface area contributed by atoms with Crippen molar-refractivity contribution in [2.24, 2.45) is 5.92 Å². The number of hydrogen-bond donors (Lipinski definition) is 0. The molecule has 0 fully saturated rings. The molecule has 31 heavy (non-hydrogen) atoms. The van der Waals surface area contributed by atoms with Crippen molar-refractivity contribution >= 4 is 29.6 Å². The molecule has 0 bridgehead atoms. The summed E-state index contributed by atoms with van der Waals surface area (Å²) in [6.07, 6.45) is 2.82. The molecule has 0 aromatic heterocycles. The summed E-state index contributed by atoms with van der Waals surface area (Å²) in [7, 11) is 0. The van der Waals surface area contributed by atoms with Gasteiger partial charge < -0.3 is 9.47 Å². The van der Waals surface area contributed by atoms with E-state index in [2.05, 4.69) is 0 Å². The first-order valence-electron chi connectivity index (χ1n) is 10.4. The molecule has 1 unspecified atom stereocenters. The first-order chi connectivity index (χ1) is 14.9. The number of hydrogen-bond acceptors (Lipinski definition) is 5. The van der Waals surface area contributed by atoms with E-state index in [9.17, 15) is 14.4 Å². The van der Waals surface area contributed by atoms with E-state index in [4.69, 9.17) is 9.47 Å². The average Bonchev–Trinajstić information content (AvgIpc) is 2.76. The lowest BCUT2D eigenvalue weighted by Crippen LogP contribution is -2.43. The summed E-state index contributed by atoms with van der Waals surface area (Å²) in [5.74, 6) is -0.632. The molecule has 162 valence electrons. The van der Waals surface area contributed by atoms with Crippen molar-refractivity contribution in [3.8, 4) is 0 Å². The molecule has 3 rings (SSSR count). The van der Waals surface area contributed by atoms with Crippen LogP contribution in [0.2, 0.25) is 0 Å². The lowest BCUT2D eigenvalue weighted by atomic mass is 9.99. The van der Waals surface area contributed by atoms with Gasteiger partial charge in [-0.1, -0.05) is 74.5 Å². The van der Waals surface area contributed by atoms with E-state index in [1.165, 1.54) is 4.90 Å². The number of para-hydroxylation sites is 1. The van der Waals surface area contributed by atoms with Gasteiger partial charge in [-0.3, -0.25) is 14.5 Å². The fraction of sp³-hybridized carbons (Fsp3) is 0.320. The third kappa shape index (κ3) is 6.28. The average molecular weight is 421 g/mol. The highest BCUT2D eigenvalue weighted by Crippen LogP contribution is 2.31. The number of carbonyl (C=O) groups excluding carboxylic acids is 3. The Morgan fingerprint density at radius 1 is 0.968 bits per heavy atom. The van der Waals surface area contributed by atoms with Crippen molar-refractivity contribution in [3.05, 3.63) is 71.8 Å². The van der Waals surface area contributed by atoms with E-state index in [1.54, 1.807) is 6.08 Å². The van der Waals surface area contributed by atoms with Gasteiger partial charge in [0.15, 0.2) is 0 Å². The molecule has 0 saturated heterocycles. The molecule has 0 saturated carbocycles. The van der Waals surface area contributed by atoms with E-state index in [-0.39, 0.29) is 37.8 Å². The zero-order valence-electron chi connectivity index (χ0n) is 17.8. The molecule has 6 heteroatoms. The molecule has 0 radical (unpaired) electrons. The van der Waals surface area contributed by atoms with Gasteiger partial charge in [-0.2, -0.15) is 0 Å². The topological polar surface area (TPSA) is 72.9 Å². The minimum Gasteiger partial charge on any atom is -0.465 e. The largest absolute Gasteiger partial charge is 0.465 e. The molecule has 6 nitrogen and oxygen atoms in total. The van der Waals surface area contributed by atoms with Crippen LogP contribution in [0.25, 0.3) is 6.08 Å². The number of nitrogens with zero attached hydrogens (tertiary/aromatic N) is 1. The highest BCUT2D eigenvalue weighted by molar-refractivity contribution is 5.99. The Morgan fingerprint density at radius 2 is 1.68 bits per heavy atom. The van der Waals surface area contributed by atoms with Crippen molar-refractivity contribution in [2.75, 3.05) is 11.5 Å². The number of fused-ring (bicyclic) bond motifs is 1. The first-order valence-corrected chi connectivity index (χ1v) is 10.4. The standard InChI is InChI=1S/C25H27NO5/c1-18(2)16-30-24(28)15-22(27)14-21-13-12-20-10-6-7-11-23(20)26(21)25(29)31-17-19-8-4-3-5-9-19/h3-13,18,21H,14-17H2,1-2H3. The molecule has 2 aromatic carbocycles. The van der Waals surface area contributed by atoms with Crippen LogP contribution in [0.5, 0.6) is 0 Å². The molecular weight excluding hydrogens is 394 g/mol. The van der Waals surface area contributed by atoms with Gasteiger partial charge in [-0.15, -0.1) is 0 Å². The van der Waals surface area contributed by atoms with Gasteiger partial charge in [0.2, 0.25) is 0 Å². The Balaban J connectivity index is 1.70. The van der Waals surface area contributed by atoms with E-state index in [1.807, 2.05) is 74.5 Å². The molecule has 1 aliphatic rings. The summed E-state index contributed by atoms with van der Waals surface area (Å²) in [4.78, 5) is 38.9. The number of benzene rings is 2. The number of ketones is 1. The van der Waals surface area contributed by atoms with Crippen LogP contribution in [-0.2, 0) is 25.7 Å². The van der Waals surface area contributed by atoms with Crippen LogP contribution in [0.3, 0.4) is 0 Å². The lowest BCUT2D eigenvalue weighted by Gasteiger charge is -2.32. The van der Waals surface area contributed by atoms with Gasteiger partial charge in [-0.25, -0.2) is 4.79 Å². The van der Waals surface area contributed by atoms with Gasteiger partial charge in [0.1, 0.15) is 18.8 Å². The highest BCUT2D eigenvalue weighted by Gasteiger charge is 2.31. The van der Waals surface area contributed by atoms with Crippen LogP contribution in [0, 0.1) is 5.92 Å². The molecule has 1 heterocycles. The molecule has 0 spiro atoms. The predicted octanol–water partition coefficient (Wildman–Crippen LogP) is 4.77. The second-order valence-corrected chi connectivity index (χ2v) is 7.89. The Morgan fingerprint density at radius 3 is 2.42 bits per heavy atom. The maximum atomic E-state index is 13.0. The van der Waals surface area contributed by atoms with Crippen LogP contribution in [0.4, 0.5) is 10.5 Å². The minimum atomic E-state index is -0.544. The lowest BCUT2D eigenvalue weighted by molar-refractivity contribution is -0.147. The summed E-state index contributed by atoms with van der Waals surface area (Å²) >= 11 is 0. The monoisotopic (exact) mass is 421 g/mol. The van der Waals surface area contributed by atoms with E-state index < -0.39 is 18.1 Å². The second kappa shape index (κ2) is 10.6. The number of Topliss-reactive ketones (excluding diaryl/α,β-unsaturated/α-hetero) is 1. The second-order valence-electron chi connectivity index (χ2n) is 7.89. The molecule has 1 amide bonds. The SMILES string of the molecule is CC(C)COC(=O)CC(=O)CC1C=Cc2ccccc2N1C(=O)OCc1ccccc1. The third-order valence-electron chi connectivity index (χ3n) is 4.78. The van der Waals surface area contributed by atoms with Crippen LogP contribution >= 0.6 is 0 Å². The Bertz CT molecular complexity index is 951. The number of esters is 1. The van der Waals surface area contributed by atoms with Crippen LogP contribution in [0.15, 0.2) is 60.7 Å². The third-order valence-corrected chi connectivity index (χ3v) is 4.78. The summed E-state index contributed by atoms with van der Waals surface area (Å²) in [5.41, 5.74) is 2.40. The molecule has 2 aromatic rings. The number of carbonyl (C=O) groups is 3. The van der Waals surface area contributed by atoms with Crippen molar-refractivity contribution in [3.63, 3.8) is 0 Å². The maximum Gasteiger partial charge on any atom is 0.415 e. The van der Waals surface area contributed by atoms with Crippen molar-refractivity contribution in [1.29, 1.82) is 0 Å². The Hall–Kier alpha value is -3.41. The van der Waals surface area contributed by atoms with E-state index >= 15 is 0 Å². The van der Waals surface area contributed by atoms with Gasteiger partial charge in [0.05, 0.1) is 18.3 Å². The normalized spacial score (nSPS) is 14.8. The van der Waals surface area contributed by atoms with Crippen molar-refractivity contribution in [1.82, 2.24) is 0 Å². The highest BCUT2D eigenvalue weighted by atomic mass is 16.6. The first kappa shape index (κ1) is 22.3. The van der Waals surface area contributed by atoms with Gasteiger partial charge in [-0.05, 0) is 23.1 Å². The summed E-state index contributed by atoms with van der Waals surface area (Å²) in [6, 6.07) is 16.3. The molecule has 0 aliphatic carbocycles. The van der Waals surface area contributed by atoms with Crippen LogP contribution in [0.1, 0.15) is 37.8 Å². The number of rotatable bonds is 8. The predicted molar refractivity (Wildman–Crippen MR) is 118 cm³/mol. The fourth-order valence-corrected chi connectivity index (χ4v) is 3.29. The quantitative estimate of drug-likeness (QED) is 0.453. The molecule has 0 N–H and O–H groups in total. The van der Waals surface area contributed by atoms with E-state index in [0.717, 1.165) is 11.1 Å². The molecule has 1 atom stereocenters. The van der Waals surface area contributed by atoms with Crippen molar-refractivity contribution in [2.45, 2.75) is 39.3 Å². The summed E-state index contributed by atoms with van der Waals surface area (Å²) in [5, 5.41) is 0. The van der Waals surface area contributed by atoms with Gasteiger partial charge in [0, 0.05) is 6.42 Å². The number of anilines is 1.